The largest absolute Gasteiger partial charge is 0.496 e. The van der Waals surface area contributed by atoms with Crippen LogP contribution < -0.4 is 4.74 Å². The van der Waals surface area contributed by atoms with Crippen molar-refractivity contribution in [3.8, 4) is 5.75 Å². The molecule has 0 bridgehead atoms. The van der Waals surface area contributed by atoms with Crippen molar-refractivity contribution < 1.29 is 18.7 Å². The number of amides is 2. The monoisotopic (exact) mass is 425 g/mol. The van der Waals surface area contributed by atoms with Crippen molar-refractivity contribution in [1.29, 1.82) is 0 Å². The lowest BCUT2D eigenvalue weighted by atomic mass is 9.96. The van der Waals surface area contributed by atoms with Gasteiger partial charge in [-0.1, -0.05) is 18.2 Å². The Bertz CT molecular complexity index is 925. The molecule has 7 heteroatoms. The van der Waals surface area contributed by atoms with E-state index in [2.05, 4.69) is 4.98 Å². The molecule has 3 heterocycles. The summed E-state index contributed by atoms with van der Waals surface area (Å²) < 4.78 is 11.3. The minimum Gasteiger partial charge on any atom is -0.496 e. The van der Waals surface area contributed by atoms with Crippen LogP contribution in [0.15, 0.2) is 28.7 Å². The fourth-order valence-electron chi connectivity index (χ4n) is 4.55. The topological polar surface area (TPSA) is 75.9 Å². The lowest BCUT2D eigenvalue weighted by Crippen LogP contribution is -2.38. The normalized spacial score (nSPS) is 17.2. The molecular weight excluding hydrogens is 394 g/mol. The Balaban J connectivity index is 1.31. The van der Waals surface area contributed by atoms with E-state index in [4.69, 9.17) is 9.15 Å². The third-order valence-electron chi connectivity index (χ3n) is 6.41. The van der Waals surface area contributed by atoms with Crippen molar-refractivity contribution in [2.45, 2.75) is 51.4 Å². The highest BCUT2D eigenvalue weighted by molar-refractivity contribution is 5.93. The minimum atomic E-state index is -0.0195. The first-order valence-electron chi connectivity index (χ1n) is 11.2. The summed E-state index contributed by atoms with van der Waals surface area (Å²) in [7, 11) is 1.65. The summed E-state index contributed by atoms with van der Waals surface area (Å²) in [5, 5.41) is 0. The SMILES string of the molecule is COc1ccccc1CCC(=O)N1CCC(c2nc(C(=O)N3CCCC3)c(C)o2)CC1. The molecule has 0 N–H and O–H groups in total. The van der Waals surface area contributed by atoms with Gasteiger partial charge in [-0.3, -0.25) is 9.59 Å². The molecule has 1 aromatic carbocycles. The van der Waals surface area contributed by atoms with Gasteiger partial charge in [0, 0.05) is 38.5 Å². The molecule has 4 rings (SSSR count). The fourth-order valence-corrected chi connectivity index (χ4v) is 4.55. The maximum atomic E-state index is 12.7. The summed E-state index contributed by atoms with van der Waals surface area (Å²) in [6.07, 6.45) is 4.86. The van der Waals surface area contributed by atoms with Crippen molar-refractivity contribution in [3.05, 3.63) is 47.2 Å². The van der Waals surface area contributed by atoms with Crippen LogP contribution in [0.25, 0.3) is 0 Å². The van der Waals surface area contributed by atoms with E-state index < -0.39 is 0 Å². The molecule has 7 nitrogen and oxygen atoms in total. The molecule has 166 valence electrons. The van der Waals surface area contributed by atoms with Gasteiger partial charge in [0.15, 0.2) is 11.6 Å². The molecule has 2 saturated heterocycles. The number of piperidine rings is 1. The van der Waals surface area contributed by atoms with Crippen molar-refractivity contribution in [2.24, 2.45) is 0 Å². The van der Waals surface area contributed by atoms with Crippen molar-refractivity contribution in [3.63, 3.8) is 0 Å². The molecule has 0 aliphatic carbocycles. The van der Waals surface area contributed by atoms with Gasteiger partial charge in [-0.05, 0) is 50.7 Å². The van der Waals surface area contributed by atoms with Gasteiger partial charge in [0.2, 0.25) is 5.91 Å². The zero-order chi connectivity index (χ0) is 21.8. The molecule has 0 spiro atoms. The van der Waals surface area contributed by atoms with Gasteiger partial charge in [-0.2, -0.15) is 0 Å². The minimum absolute atomic E-state index is 0.0195. The second-order valence-corrected chi connectivity index (χ2v) is 8.42. The number of likely N-dealkylation sites (tertiary alicyclic amines) is 2. The Morgan fingerprint density at radius 3 is 2.52 bits per heavy atom. The second-order valence-electron chi connectivity index (χ2n) is 8.42. The quantitative estimate of drug-likeness (QED) is 0.707. The first-order chi connectivity index (χ1) is 15.1. The van der Waals surface area contributed by atoms with E-state index in [1.54, 1.807) is 7.11 Å². The third kappa shape index (κ3) is 4.75. The molecule has 1 aromatic heterocycles. The highest BCUT2D eigenvalue weighted by Crippen LogP contribution is 2.30. The standard InChI is InChI=1S/C24H31N3O4/c1-17-22(24(29)27-13-5-6-14-27)25-23(31-17)19-11-15-26(16-12-19)21(28)10-9-18-7-3-4-8-20(18)30-2/h3-4,7-8,19H,5-6,9-16H2,1-2H3. The molecule has 0 saturated carbocycles. The number of benzene rings is 1. The van der Waals surface area contributed by atoms with Crippen molar-refractivity contribution in [2.75, 3.05) is 33.3 Å². The van der Waals surface area contributed by atoms with Crippen LogP contribution in [0, 0.1) is 6.92 Å². The third-order valence-corrected chi connectivity index (χ3v) is 6.41. The summed E-state index contributed by atoms with van der Waals surface area (Å²) in [4.78, 5) is 33.7. The Hall–Kier alpha value is -2.83. The molecule has 31 heavy (non-hydrogen) atoms. The average molecular weight is 426 g/mol. The zero-order valence-corrected chi connectivity index (χ0v) is 18.4. The van der Waals surface area contributed by atoms with Gasteiger partial charge in [0.1, 0.15) is 11.5 Å². The van der Waals surface area contributed by atoms with Gasteiger partial charge in [-0.25, -0.2) is 4.98 Å². The van der Waals surface area contributed by atoms with Crippen molar-refractivity contribution >= 4 is 11.8 Å². The lowest BCUT2D eigenvalue weighted by molar-refractivity contribution is -0.132. The molecule has 0 atom stereocenters. The van der Waals surface area contributed by atoms with Crippen LogP contribution in [0.5, 0.6) is 5.75 Å². The van der Waals surface area contributed by atoms with E-state index in [1.165, 1.54) is 0 Å². The van der Waals surface area contributed by atoms with Crippen LogP contribution >= 0.6 is 0 Å². The summed E-state index contributed by atoms with van der Waals surface area (Å²) in [6, 6.07) is 7.83. The molecule has 2 aliphatic rings. The van der Waals surface area contributed by atoms with E-state index >= 15 is 0 Å². The van der Waals surface area contributed by atoms with Crippen LogP contribution in [0.1, 0.15) is 65.7 Å². The number of carbonyl (C=O) groups excluding carboxylic acids is 2. The number of aryl methyl sites for hydroxylation is 2. The summed E-state index contributed by atoms with van der Waals surface area (Å²) in [6.45, 7) is 4.79. The van der Waals surface area contributed by atoms with Gasteiger partial charge in [0.25, 0.3) is 5.91 Å². The van der Waals surface area contributed by atoms with Crippen LogP contribution in [-0.4, -0.2) is 59.9 Å². The molecule has 2 aromatic rings. The van der Waals surface area contributed by atoms with Crippen LogP contribution in [-0.2, 0) is 11.2 Å². The first-order valence-corrected chi connectivity index (χ1v) is 11.2. The van der Waals surface area contributed by atoms with Crippen LogP contribution in [0.3, 0.4) is 0 Å². The highest BCUT2D eigenvalue weighted by Gasteiger charge is 2.30. The summed E-state index contributed by atoms with van der Waals surface area (Å²) in [5.74, 6) is 2.36. The maximum absolute atomic E-state index is 12.7. The highest BCUT2D eigenvalue weighted by atomic mass is 16.5. The number of hydrogen-bond donors (Lipinski definition) is 0. The number of para-hydroxylation sites is 1. The molecule has 0 radical (unpaired) electrons. The molecule has 0 unspecified atom stereocenters. The molecule has 2 amide bonds. The number of methoxy groups -OCH3 is 1. The van der Waals surface area contributed by atoms with E-state index in [9.17, 15) is 9.59 Å². The van der Waals surface area contributed by atoms with Crippen LogP contribution in [0.2, 0.25) is 0 Å². The predicted octanol–water partition coefficient (Wildman–Crippen LogP) is 3.57. The Morgan fingerprint density at radius 1 is 1.10 bits per heavy atom. The van der Waals surface area contributed by atoms with E-state index in [-0.39, 0.29) is 17.7 Å². The van der Waals surface area contributed by atoms with Gasteiger partial charge < -0.3 is 19.0 Å². The number of ether oxygens (including phenoxy) is 1. The summed E-state index contributed by atoms with van der Waals surface area (Å²) in [5.41, 5.74) is 1.51. The molecule has 2 aliphatic heterocycles. The van der Waals surface area contributed by atoms with E-state index in [0.29, 0.717) is 43.3 Å². The van der Waals surface area contributed by atoms with Crippen molar-refractivity contribution in [1.82, 2.24) is 14.8 Å². The number of aromatic nitrogens is 1. The Labute approximate surface area is 183 Å². The maximum Gasteiger partial charge on any atom is 0.276 e. The Morgan fingerprint density at radius 2 is 1.81 bits per heavy atom. The zero-order valence-electron chi connectivity index (χ0n) is 18.4. The lowest BCUT2D eigenvalue weighted by Gasteiger charge is -2.30. The van der Waals surface area contributed by atoms with Gasteiger partial charge >= 0.3 is 0 Å². The number of hydrogen-bond acceptors (Lipinski definition) is 5. The smallest absolute Gasteiger partial charge is 0.276 e. The number of oxazole rings is 1. The molecule has 2 fully saturated rings. The number of carbonyl (C=O) groups is 2. The average Bonchev–Trinajstić information content (AvgIpc) is 3.47. The fraction of sp³-hybridized carbons (Fsp3) is 0.542. The molecular formula is C24H31N3O4. The number of nitrogens with zero attached hydrogens (tertiary/aromatic N) is 3. The number of rotatable bonds is 6. The predicted molar refractivity (Wildman–Crippen MR) is 116 cm³/mol. The summed E-state index contributed by atoms with van der Waals surface area (Å²) >= 11 is 0. The van der Waals surface area contributed by atoms with E-state index in [0.717, 1.165) is 50.1 Å². The van der Waals surface area contributed by atoms with Gasteiger partial charge in [-0.15, -0.1) is 0 Å². The van der Waals surface area contributed by atoms with Gasteiger partial charge in [0.05, 0.1) is 7.11 Å². The first kappa shape index (κ1) is 21.4. The van der Waals surface area contributed by atoms with Crippen LogP contribution in [0.4, 0.5) is 0 Å². The van der Waals surface area contributed by atoms with E-state index in [1.807, 2.05) is 41.0 Å². The Kier molecular flexibility index (Phi) is 6.59. The second kappa shape index (κ2) is 9.54.